The highest BCUT2D eigenvalue weighted by Crippen LogP contribution is 2.32. The lowest BCUT2D eigenvalue weighted by atomic mass is 10.2. The zero-order chi connectivity index (χ0) is 25.0. The molecule has 1 aliphatic heterocycles. The molecule has 0 radical (unpaired) electrons. The second kappa shape index (κ2) is 10.4. The van der Waals surface area contributed by atoms with Gasteiger partial charge >= 0.3 is 0 Å². The van der Waals surface area contributed by atoms with E-state index in [-0.39, 0.29) is 0 Å². The van der Waals surface area contributed by atoms with Crippen LogP contribution in [0.25, 0.3) is 34.1 Å². The van der Waals surface area contributed by atoms with Crippen LogP contribution in [0.2, 0.25) is 0 Å². The molecule has 5 aromatic rings. The molecule has 4 heterocycles. The third-order valence-electron chi connectivity index (χ3n) is 6.67. The van der Waals surface area contributed by atoms with Crippen molar-refractivity contribution < 1.29 is 9.15 Å². The average Bonchev–Trinajstić information content (AvgIpc) is 3.41. The van der Waals surface area contributed by atoms with Crippen molar-refractivity contribution in [3.63, 3.8) is 0 Å². The van der Waals surface area contributed by atoms with Crippen LogP contribution in [0.5, 0.6) is 5.75 Å². The minimum absolute atomic E-state index is 0.544. The predicted molar refractivity (Wildman–Crippen MR) is 144 cm³/mol. The number of fused-ring (bicyclic) bond motifs is 1. The summed E-state index contributed by atoms with van der Waals surface area (Å²) < 4.78 is 11.7. The summed E-state index contributed by atoms with van der Waals surface area (Å²) in [5, 5.41) is 0. The van der Waals surface area contributed by atoms with Crippen LogP contribution in [0.1, 0.15) is 5.69 Å². The molecule has 0 amide bonds. The zero-order valence-corrected chi connectivity index (χ0v) is 20.7. The monoisotopic (exact) mass is 492 g/mol. The molecule has 6 rings (SSSR count). The van der Waals surface area contributed by atoms with Gasteiger partial charge in [-0.05, 0) is 36.4 Å². The molecule has 0 saturated carbocycles. The Kier molecular flexibility index (Phi) is 6.47. The molecule has 0 N–H and O–H groups in total. The number of piperazine rings is 1. The van der Waals surface area contributed by atoms with Crippen molar-refractivity contribution in [3.8, 4) is 28.6 Å². The Balaban J connectivity index is 1.30. The molecule has 0 unspecified atom stereocenters. The average molecular weight is 493 g/mol. The van der Waals surface area contributed by atoms with Gasteiger partial charge in [-0.2, -0.15) is 4.98 Å². The molecule has 0 atom stereocenters. The number of anilines is 1. The Morgan fingerprint density at radius 1 is 0.838 bits per heavy atom. The van der Waals surface area contributed by atoms with Crippen LogP contribution in [0.4, 0.5) is 5.82 Å². The maximum absolute atomic E-state index is 6.28. The van der Waals surface area contributed by atoms with Crippen LogP contribution in [0, 0.1) is 0 Å². The number of pyridine rings is 1. The van der Waals surface area contributed by atoms with E-state index >= 15 is 0 Å². The van der Waals surface area contributed by atoms with E-state index < -0.39 is 0 Å². The van der Waals surface area contributed by atoms with Crippen molar-refractivity contribution in [3.05, 3.63) is 84.7 Å². The van der Waals surface area contributed by atoms with Crippen molar-refractivity contribution >= 4 is 17.0 Å². The number of methoxy groups -OCH3 is 1. The summed E-state index contributed by atoms with van der Waals surface area (Å²) in [4.78, 5) is 23.7. The second-order valence-corrected chi connectivity index (χ2v) is 9.04. The minimum Gasteiger partial charge on any atom is -0.497 e. The number of benzene rings is 2. The Labute approximate surface area is 215 Å². The molecule has 0 aliphatic carbocycles. The highest BCUT2D eigenvalue weighted by atomic mass is 16.5. The van der Waals surface area contributed by atoms with Gasteiger partial charge in [-0.15, -0.1) is 0 Å². The number of hydrogen-bond acceptors (Lipinski definition) is 8. The first-order valence-electron chi connectivity index (χ1n) is 12.5. The van der Waals surface area contributed by atoms with Crippen LogP contribution in [0.15, 0.2) is 83.4 Å². The largest absolute Gasteiger partial charge is 0.497 e. The lowest BCUT2D eigenvalue weighted by molar-refractivity contribution is 0.259. The molecule has 8 nitrogen and oxygen atoms in total. The van der Waals surface area contributed by atoms with Gasteiger partial charge in [0.05, 0.1) is 7.11 Å². The van der Waals surface area contributed by atoms with E-state index in [9.17, 15) is 0 Å². The van der Waals surface area contributed by atoms with E-state index in [1.165, 1.54) is 0 Å². The Morgan fingerprint density at radius 2 is 1.65 bits per heavy atom. The van der Waals surface area contributed by atoms with Gasteiger partial charge in [0.25, 0.3) is 0 Å². The molecule has 1 saturated heterocycles. The number of aromatic nitrogens is 4. The van der Waals surface area contributed by atoms with Gasteiger partial charge in [0.15, 0.2) is 11.6 Å². The van der Waals surface area contributed by atoms with Crippen LogP contribution in [-0.4, -0.2) is 64.7 Å². The fourth-order valence-corrected chi connectivity index (χ4v) is 4.62. The highest BCUT2D eigenvalue weighted by molar-refractivity contribution is 5.85. The number of rotatable bonds is 7. The fourth-order valence-electron chi connectivity index (χ4n) is 4.62. The summed E-state index contributed by atoms with van der Waals surface area (Å²) in [5.41, 5.74) is 4.08. The number of nitrogens with zero attached hydrogens (tertiary/aromatic N) is 6. The maximum atomic E-state index is 6.28. The van der Waals surface area contributed by atoms with E-state index in [1.807, 2.05) is 72.9 Å². The summed E-state index contributed by atoms with van der Waals surface area (Å²) in [6.45, 7) is 4.54. The normalized spacial score (nSPS) is 14.2. The highest BCUT2D eigenvalue weighted by Gasteiger charge is 2.25. The smallest absolute Gasteiger partial charge is 0.229 e. The van der Waals surface area contributed by atoms with E-state index in [1.54, 1.807) is 7.11 Å². The molecule has 8 heteroatoms. The second-order valence-electron chi connectivity index (χ2n) is 9.04. The molecule has 186 valence electrons. The molecule has 1 aliphatic rings. The van der Waals surface area contributed by atoms with Gasteiger partial charge in [-0.1, -0.05) is 36.4 Å². The molecule has 37 heavy (non-hydrogen) atoms. The first kappa shape index (κ1) is 23.1. The van der Waals surface area contributed by atoms with Crippen molar-refractivity contribution in [2.45, 2.75) is 6.42 Å². The van der Waals surface area contributed by atoms with Crippen LogP contribution in [0.3, 0.4) is 0 Å². The minimum atomic E-state index is 0.544. The standard InChI is InChI=1S/C29H28N6O2/c1-36-24-12-7-10-22(20-24)26-31-27-25(37-29(33-27)21-8-3-2-4-9-21)28(32-26)35-18-16-34(17-19-35)15-13-23-11-5-6-14-30-23/h2-12,14,20H,13,15-19H2,1H3. The third-order valence-corrected chi connectivity index (χ3v) is 6.67. The first-order chi connectivity index (χ1) is 18.3. The summed E-state index contributed by atoms with van der Waals surface area (Å²) in [6, 6.07) is 23.8. The molecular formula is C29H28N6O2. The predicted octanol–water partition coefficient (Wildman–Crippen LogP) is 4.72. The van der Waals surface area contributed by atoms with Crippen molar-refractivity contribution in [1.82, 2.24) is 24.8 Å². The van der Waals surface area contributed by atoms with Crippen LogP contribution >= 0.6 is 0 Å². The number of hydrogen-bond donors (Lipinski definition) is 0. The van der Waals surface area contributed by atoms with Gasteiger partial charge < -0.3 is 14.1 Å². The molecular weight excluding hydrogens is 464 g/mol. The van der Waals surface area contributed by atoms with E-state index in [0.29, 0.717) is 22.9 Å². The van der Waals surface area contributed by atoms with Crippen molar-refractivity contribution in [2.24, 2.45) is 0 Å². The van der Waals surface area contributed by atoms with Gasteiger partial charge in [0.2, 0.25) is 17.1 Å². The summed E-state index contributed by atoms with van der Waals surface area (Å²) in [7, 11) is 1.66. The van der Waals surface area contributed by atoms with E-state index in [2.05, 4.69) is 20.9 Å². The van der Waals surface area contributed by atoms with Gasteiger partial charge in [0, 0.05) is 62.2 Å². The molecule has 1 fully saturated rings. The number of ether oxygens (including phenoxy) is 1. The molecule has 0 spiro atoms. The first-order valence-corrected chi connectivity index (χ1v) is 12.5. The SMILES string of the molecule is COc1cccc(-c2nc(N3CCN(CCc4ccccn4)CC3)c3oc(-c4ccccc4)nc3n2)c1. The molecule has 3 aromatic heterocycles. The summed E-state index contributed by atoms with van der Waals surface area (Å²) >= 11 is 0. The lowest BCUT2D eigenvalue weighted by Gasteiger charge is -2.35. The topological polar surface area (TPSA) is 80.4 Å². The lowest BCUT2D eigenvalue weighted by Crippen LogP contribution is -2.47. The maximum Gasteiger partial charge on any atom is 0.229 e. The molecule has 0 bridgehead atoms. The molecule has 2 aromatic carbocycles. The van der Waals surface area contributed by atoms with Crippen molar-refractivity contribution in [1.29, 1.82) is 0 Å². The Bertz CT molecular complexity index is 1480. The van der Waals surface area contributed by atoms with Gasteiger partial charge in [-0.25, -0.2) is 9.97 Å². The Hall–Kier alpha value is -4.30. The van der Waals surface area contributed by atoms with Gasteiger partial charge in [0.1, 0.15) is 5.75 Å². The third kappa shape index (κ3) is 5.01. The number of oxazole rings is 1. The van der Waals surface area contributed by atoms with E-state index in [0.717, 1.165) is 67.5 Å². The Morgan fingerprint density at radius 3 is 2.43 bits per heavy atom. The zero-order valence-electron chi connectivity index (χ0n) is 20.7. The van der Waals surface area contributed by atoms with Crippen molar-refractivity contribution in [2.75, 3.05) is 44.7 Å². The summed E-state index contributed by atoms with van der Waals surface area (Å²) in [5.74, 6) is 2.69. The van der Waals surface area contributed by atoms with Crippen LogP contribution in [-0.2, 0) is 6.42 Å². The van der Waals surface area contributed by atoms with Gasteiger partial charge in [-0.3, -0.25) is 9.88 Å². The quantitative estimate of drug-likeness (QED) is 0.323. The summed E-state index contributed by atoms with van der Waals surface area (Å²) in [6.07, 6.45) is 2.80. The van der Waals surface area contributed by atoms with E-state index in [4.69, 9.17) is 24.1 Å². The fraction of sp³-hybridized carbons (Fsp3) is 0.241. The van der Waals surface area contributed by atoms with Crippen LogP contribution < -0.4 is 9.64 Å².